The summed E-state index contributed by atoms with van der Waals surface area (Å²) < 4.78 is 32.4. The molecular weight excluding hydrogens is 298 g/mol. The molecule has 0 aromatic carbocycles. The van der Waals surface area contributed by atoms with Crippen LogP contribution >= 0.6 is 11.3 Å². The molecule has 20 heavy (non-hydrogen) atoms. The van der Waals surface area contributed by atoms with Gasteiger partial charge < -0.3 is 9.73 Å². The van der Waals surface area contributed by atoms with Gasteiger partial charge in [0.05, 0.1) is 17.1 Å². The van der Waals surface area contributed by atoms with Crippen LogP contribution in [0.1, 0.15) is 29.5 Å². The average Bonchev–Trinajstić information content (AvgIpc) is 2.98. The lowest BCUT2D eigenvalue weighted by molar-refractivity contribution is 0.428. The van der Waals surface area contributed by atoms with Gasteiger partial charge in [-0.3, -0.25) is 0 Å². The van der Waals surface area contributed by atoms with Crippen LogP contribution in [0, 0.1) is 6.92 Å². The third-order valence-corrected chi connectivity index (χ3v) is 5.24. The molecule has 2 aromatic heterocycles. The summed E-state index contributed by atoms with van der Waals surface area (Å²) in [6.07, 6.45) is 1.57. The Morgan fingerprint density at radius 2 is 2.25 bits per heavy atom. The number of hydrogen-bond donors (Lipinski definition) is 2. The van der Waals surface area contributed by atoms with E-state index in [0.29, 0.717) is 18.2 Å². The number of nitrogens with one attached hydrogen (secondary N) is 2. The largest absolute Gasteiger partial charge is 0.444 e. The Balaban J connectivity index is 2.13. The van der Waals surface area contributed by atoms with Crippen LogP contribution in [0.3, 0.4) is 0 Å². The Kier molecular flexibility index (Phi) is 4.59. The molecule has 2 aromatic rings. The van der Waals surface area contributed by atoms with E-state index in [1.807, 2.05) is 7.05 Å². The minimum absolute atomic E-state index is 0.267. The highest BCUT2D eigenvalue weighted by Gasteiger charge is 2.22. The molecule has 8 heteroatoms. The molecule has 2 heterocycles. The third kappa shape index (κ3) is 3.45. The summed E-state index contributed by atoms with van der Waals surface area (Å²) in [6, 6.07) is 1.15. The zero-order valence-electron chi connectivity index (χ0n) is 11.5. The fraction of sp³-hybridized carbons (Fsp3) is 0.417. The molecule has 0 aliphatic rings. The molecule has 0 bridgehead atoms. The van der Waals surface area contributed by atoms with E-state index in [1.54, 1.807) is 31.5 Å². The summed E-state index contributed by atoms with van der Waals surface area (Å²) in [5.41, 5.74) is 0. The van der Waals surface area contributed by atoms with E-state index < -0.39 is 16.1 Å². The maximum absolute atomic E-state index is 12.2. The van der Waals surface area contributed by atoms with Crippen molar-refractivity contribution >= 4 is 21.4 Å². The first-order chi connectivity index (χ1) is 9.42. The van der Waals surface area contributed by atoms with Gasteiger partial charge in [0.1, 0.15) is 5.76 Å². The summed E-state index contributed by atoms with van der Waals surface area (Å²) in [4.78, 5) is 5.26. The van der Waals surface area contributed by atoms with Crippen molar-refractivity contribution in [1.82, 2.24) is 15.0 Å². The molecular formula is C12H17N3O3S2. The molecule has 0 radical (unpaired) electrons. The average molecular weight is 315 g/mol. The normalized spacial score (nSPS) is 13.6. The highest BCUT2D eigenvalue weighted by molar-refractivity contribution is 7.89. The SMILES string of the molecule is CNCc1cc(S(=O)(=O)NC(C)c2ncc(C)o2)cs1. The van der Waals surface area contributed by atoms with Crippen LogP contribution in [0.25, 0.3) is 0 Å². The predicted octanol–water partition coefficient (Wildman–Crippen LogP) is 1.80. The third-order valence-electron chi connectivity index (χ3n) is 2.63. The fourth-order valence-electron chi connectivity index (χ4n) is 1.69. The highest BCUT2D eigenvalue weighted by Crippen LogP contribution is 2.21. The lowest BCUT2D eigenvalue weighted by atomic mass is 10.4. The van der Waals surface area contributed by atoms with Crippen LogP contribution < -0.4 is 10.0 Å². The quantitative estimate of drug-likeness (QED) is 0.849. The van der Waals surface area contributed by atoms with Crippen molar-refractivity contribution in [2.75, 3.05) is 7.05 Å². The minimum Gasteiger partial charge on any atom is -0.444 e. The van der Waals surface area contributed by atoms with Crippen LogP contribution in [0.5, 0.6) is 0 Å². The van der Waals surface area contributed by atoms with E-state index in [-0.39, 0.29) is 4.90 Å². The lowest BCUT2D eigenvalue weighted by Crippen LogP contribution is -2.26. The van der Waals surface area contributed by atoms with E-state index in [9.17, 15) is 8.42 Å². The van der Waals surface area contributed by atoms with Crippen LogP contribution in [-0.4, -0.2) is 20.4 Å². The maximum Gasteiger partial charge on any atom is 0.242 e. The Morgan fingerprint density at radius 3 is 2.85 bits per heavy atom. The Labute approximate surface area is 122 Å². The van der Waals surface area contributed by atoms with Crippen molar-refractivity contribution in [1.29, 1.82) is 0 Å². The van der Waals surface area contributed by atoms with Gasteiger partial charge in [0.2, 0.25) is 15.9 Å². The second kappa shape index (κ2) is 6.04. The predicted molar refractivity (Wildman–Crippen MR) is 77.1 cm³/mol. The van der Waals surface area contributed by atoms with Crippen molar-refractivity contribution < 1.29 is 12.8 Å². The summed E-state index contributed by atoms with van der Waals surface area (Å²) in [6.45, 7) is 4.11. The zero-order chi connectivity index (χ0) is 14.8. The van der Waals surface area contributed by atoms with Gasteiger partial charge in [-0.15, -0.1) is 11.3 Å². The summed E-state index contributed by atoms with van der Waals surface area (Å²) in [7, 11) is -1.74. The maximum atomic E-state index is 12.2. The van der Waals surface area contributed by atoms with Gasteiger partial charge in [-0.1, -0.05) is 0 Å². The topological polar surface area (TPSA) is 84.2 Å². The van der Waals surface area contributed by atoms with Crippen molar-refractivity contribution in [2.24, 2.45) is 0 Å². The summed E-state index contributed by atoms with van der Waals surface area (Å²) in [5.74, 6) is 1.01. The van der Waals surface area contributed by atoms with Gasteiger partial charge >= 0.3 is 0 Å². The second-order valence-electron chi connectivity index (χ2n) is 4.43. The van der Waals surface area contributed by atoms with Crippen LogP contribution in [0.2, 0.25) is 0 Å². The van der Waals surface area contributed by atoms with Crippen molar-refractivity contribution in [3.05, 3.63) is 34.2 Å². The number of aryl methyl sites for hydroxylation is 1. The van der Waals surface area contributed by atoms with E-state index in [0.717, 1.165) is 4.88 Å². The smallest absolute Gasteiger partial charge is 0.242 e. The molecule has 1 atom stereocenters. The molecule has 110 valence electrons. The van der Waals surface area contributed by atoms with E-state index in [1.165, 1.54) is 11.3 Å². The molecule has 1 unspecified atom stereocenters. The Hall–Kier alpha value is -1.22. The molecule has 0 aliphatic heterocycles. The molecule has 2 rings (SSSR count). The Bertz CT molecular complexity index is 676. The van der Waals surface area contributed by atoms with E-state index in [4.69, 9.17) is 4.42 Å². The molecule has 0 saturated carbocycles. The van der Waals surface area contributed by atoms with Gasteiger partial charge in [0.15, 0.2) is 0 Å². The second-order valence-corrected chi connectivity index (χ2v) is 7.14. The first-order valence-corrected chi connectivity index (χ1v) is 8.45. The van der Waals surface area contributed by atoms with Crippen LogP contribution in [-0.2, 0) is 16.6 Å². The fourth-order valence-corrected chi connectivity index (χ4v) is 4.18. The number of nitrogens with zero attached hydrogens (tertiary/aromatic N) is 1. The minimum atomic E-state index is -3.56. The Morgan fingerprint density at radius 1 is 1.50 bits per heavy atom. The molecule has 2 N–H and O–H groups in total. The first-order valence-electron chi connectivity index (χ1n) is 6.09. The molecule has 0 spiro atoms. The van der Waals surface area contributed by atoms with Crippen molar-refractivity contribution in [3.63, 3.8) is 0 Å². The molecule has 0 amide bonds. The van der Waals surface area contributed by atoms with Gasteiger partial charge in [0, 0.05) is 16.8 Å². The zero-order valence-corrected chi connectivity index (χ0v) is 13.1. The van der Waals surface area contributed by atoms with E-state index >= 15 is 0 Å². The molecule has 0 aliphatic carbocycles. The number of rotatable bonds is 6. The molecule has 0 fully saturated rings. The van der Waals surface area contributed by atoms with Gasteiger partial charge in [-0.05, 0) is 27.0 Å². The molecule has 6 nitrogen and oxygen atoms in total. The number of hydrogen-bond acceptors (Lipinski definition) is 6. The van der Waals surface area contributed by atoms with Crippen molar-refractivity contribution in [3.8, 4) is 0 Å². The highest BCUT2D eigenvalue weighted by atomic mass is 32.2. The summed E-state index contributed by atoms with van der Waals surface area (Å²) in [5, 5.41) is 4.62. The number of thiophene rings is 1. The van der Waals surface area contributed by atoms with E-state index in [2.05, 4.69) is 15.0 Å². The monoisotopic (exact) mass is 315 g/mol. The van der Waals surface area contributed by atoms with Gasteiger partial charge in [0.25, 0.3) is 0 Å². The number of sulfonamides is 1. The van der Waals surface area contributed by atoms with Crippen LogP contribution in [0.15, 0.2) is 27.0 Å². The van der Waals surface area contributed by atoms with Crippen molar-refractivity contribution in [2.45, 2.75) is 31.3 Å². The summed E-state index contributed by atoms with van der Waals surface area (Å²) >= 11 is 1.41. The number of oxazole rings is 1. The first kappa shape index (κ1) is 15.2. The standard InChI is InChI=1S/C12H17N3O3S2/c1-8-5-14-12(18-8)9(2)15-20(16,17)11-4-10(6-13-3)19-7-11/h4-5,7,9,13,15H,6H2,1-3H3. The van der Waals surface area contributed by atoms with Crippen LogP contribution in [0.4, 0.5) is 0 Å². The number of aromatic nitrogens is 1. The van der Waals surface area contributed by atoms with Gasteiger partial charge in [-0.25, -0.2) is 13.4 Å². The lowest BCUT2D eigenvalue weighted by Gasteiger charge is -2.09. The molecule has 0 saturated heterocycles. The van der Waals surface area contributed by atoms with Gasteiger partial charge in [-0.2, -0.15) is 4.72 Å².